The molecule has 0 bridgehead atoms. The van der Waals surface area contributed by atoms with Crippen LogP contribution in [0.1, 0.15) is 21.5 Å². The number of rotatable bonds is 3. The number of hydrogen-bond donors (Lipinski definition) is 1. The second-order valence-electron chi connectivity index (χ2n) is 4.49. The van der Waals surface area contributed by atoms with Crippen molar-refractivity contribution in [3.63, 3.8) is 0 Å². The van der Waals surface area contributed by atoms with E-state index in [9.17, 15) is 4.79 Å². The van der Waals surface area contributed by atoms with Crippen LogP contribution in [-0.4, -0.2) is 17.9 Å². The zero-order valence-corrected chi connectivity index (χ0v) is 11.1. The van der Waals surface area contributed by atoms with Crippen LogP contribution >= 0.6 is 0 Å². The van der Waals surface area contributed by atoms with Crippen molar-refractivity contribution in [2.24, 2.45) is 5.73 Å². The highest BCUT2D eigenvalue weighted by Gasteiger charge is 2.14. The predicted octanol–water partition coefficient (Wildman–Crippen LogP) is 2.13. The highest BCUT2D eigenvalue weighted by atomic mass is 16.2. The van der Waals surface area contributed by atoms with Crippen molar-refractivity contribution in [2.45, 2.75) is 13.5 Å². The molecule has 4 nitrogen and oxygen atoms in total. The van der Waals surface area contributed by atoms with E-state index in [0.29, 0.717) is 12.1 Å². The van der Waals surface area contributed by atoms with Gasteiger partial charge in [-0.15, -0.1) is 0 Å². The van der Waals surface area contributed by atoms with Crippen LogP contribution < -0.4 is 10.6 Å². The lowest BCUT2D eigenvalue weighted by atomic mass is 10.1. The quantitative estimate of drug-likeness (QED) is 0.914. The fourth-order valence-corrected chi connectivity index (χ4v) is 1.87. The average molecular weight is 255 g/mol. The fourth-order valence-electron chi connectivity index (χ4n) is 1.87. The molecule has 1 aromatic heterocycles. The van der Waals surface area contributed by atoms with Gasteiger partial charge >= 0.3 is 0 Å². The van der Waals surface area contributed by atoms with Crippen molar-refractivity contribution in [1.82, 2.24) is 4.98 Å². The van der Waals surface area contributed by atoms with Crippen LogP contribution in [0, 0.1) is 6.92 Å². The molecule has 1 heterocycles. The van der Waals surface area contributed by atoms with E-state index >= 15 is 0 Å². The van der Waals surface area contributed by atoms with Gasteiger partial charge in [-0.1, -0.05) is 12.1 Å². The maximum Gasteiger partial charge on any atom is 0.259 e. The standard InChI is InChI=1S/C15H17N3O/c1-11-6-13(10-17-9-11)15(19)18(2)14-5-3-4-12(7-14)8-16/h3-7,9-10H,8,16H2,1-2H3. The summed E-state index contributed by atoms with van der Waals surface area (Å²) in [5.41, 5.74) is 8.99. The zero-order valence-electron chi connectivity index (χ0n) is 11.1. The van der Waals surface area contributed by atoms with Gasteiger partial charge < -0.3 is 10.6 Å². The molecule has 0 saturated carbocycles. The van der Waals surface area contributed by atoms with Crippen LogP contribution in [0.25, 0.3) is 0 Å². The monoisotopic (exact) mass is 255 g/mol. The minimum atomic E-state index is -0.0784. The number of aromatic nitrogens is 1. The summed E-state index contributed by atoms with van der Waals surface area (Å²) < 4.78 is 0. The minimum absolute atomic E-state index is 0.0784. The van der Waals surface area contributed by atoms with E-state index in [-0.39, 0.29) is 5.91 Å². The molecule has 2 aromatic rings. The van der Waals surface area contributed by atoms with Crippen molar-refractivity contribution < 1.29 is 4.79 Å². The van der Waals surface area contributed by atoms with Gasteiger partial charge in [0.1, 0.15) is 0 Å². The van der Waals surface area contributed by atoms with Crippen LogP contribution in [0.2, 0.25) is 0 Å². The van der Waals surface area contributed by atoms with Gasteiger partial charge in [-0.25, -0.2) is 0 Å². The summed E-state index contributed by atoms with van der Waals surface area (Å²) in [5.74, 6) is -0.0784. The van der Waals surface area contributed by atoms with E-state index in [4.69, 9.17) is 5.73 Å². The first kappa shape index (κ1) is 13.2. The Morgan fingerprint density at radius 3 is 2.79 bits per heavy atom. The number of nitrogens with two attached hydrogens (primary N) is 1. The molecular formula is C15H17N3O. The number of benzene rings is 1. The van der Waals surface area contributed by atoms with Gasteiger partial charge in [-0.2, -0.15) is 0 Å². The molecule has 19 heavy (non-hydrogen) atoms. The smallest absolute Gasteiger partial charge is 0.259 e. The number of pyridine rings is 1. The van der Waals surface area contributed by atoms with Gasteiger partial charge in [-0.05, 0) is 36.2 Å². The summed E-state index contributed by atoms with van der Waals surface area (Å²) in [6, 6.07) is 9.48. The predicted molar refractivity (Wildman–Crippen MR) is 76.0 cm³/mol. The van der Waals surface area contributed by atoms with Gasteiger partial charge in [0.2, 0.25) is 0 Å². The third kappa shape index (κ3) is 2.98. The average Bonchev–Trinajstić information content (AvgIpc) is 2.45. The van der Waals surface area contributed by atoms with E-state index in [1.807, 2.05) is 37.3 Å². The second-order valence-corrected chi connectivity index (χ2v) is 4.49. The first-order valence-corrected chi connectivity index (χ1v) is 6.10. The molecule has 0 saturated heterocycles. The fraction of sp³-hybridized carbons (Fsp3) is 0.200. The Morgan fingerprint density at radius 1 is 1.32 bits per heavy atom. The topological polar surface area (TPSA) is 59.2 Å². The normalized spacial score (nSPS) is 10.3. The number of hydrogen-bond acceptors (Lipinski definition) is 3. The molecule has 98 valence electrons. The molecule has 1 amide bonds. The van der Waals surface area contributed by atoms with E-state index in [2.05, 4.69) is 4.98 Å². The molecule has 4 heteroatoms. The largest absolute Gasteiger partial charge is 0.326 e. The van der Waals surface area contributed by atoms with Crippen molar-refractivity contribution in [1.29, 1.82) is 0 Å². The number of aryl methyl sites for hydroxylation is 1. The molecule has 0 atom stereocenters. The molecule has 0 spiro atoms. The summed E-state index contributed by atoms with van der Waals surface area (Å²) in [6.07, 6.45) is 3.31. The second kappa shape index (κ2) is 5.63. The lowest BCUT2D eigenvalue weighted by Gasteiger charge is -2.18. The number of anilines is 1. The van der Waals surface area contributed by atoms with Gasteiger partial charge in [0.05, 0.1) is 5.56 Å². The van der Waals surface area contributed by atoms with Gasteiger partial charge in [0.15, 0.2) is 0 Å². The Morgan fingerprint density at radius 2 is 2.11 bits per heavy atom. The molecule has 0 fully saturated rings. The first-order valence-electron chi connectivity index (χ1n) is 6.10. The third-order valence-electron chi connectivity index (χ3n) is 2.96. The van der Waals surface area contributed by atoms with Crippen molar-refractivity contribution >= 4 is 11.6 Å². The van der Waals surface area contributed by atoms with Crippen molar-refractivity contribution in [3.05, 3.63) is 59.4 Å². The molecule has 0 unspecified atom stereocenters. The SMILES string of the molecule is Cc1cncc(C(=O)N(C)c2cccc(CN)c2)c1. The number of amides is 1. The molecule has 0 aliphatic rings. The molecule has 1 aromatic carbocycles. The number of carbonyl (C=O) groups excluding carboxylic acids is 1. The van der Waals surface area contributed by atoms with Gasteiger partial charge in [0, 0.05) is 31.7 Å². The third-order valence-corrected chi connectivity index (χ3v) is 2.96. The molecule has 2 rings (SSSR count). The maximum atomic E-state index is 12.4. The molecular weight excluding hydrogens is 238 g/mol. The van der Waals surface area contributed by atoms with E-state index in [0.717, 1.165) is 16.8 Å². The van der Waals surface area contributed by atoms with Crippen LogP contribution in [0.15, 0.2) is 42.7 Å². The summed E-state index contributed by atoms with van der Waals surface area (Å²) in [5, 5.41) is 0. The number of carbonyl (C=O) groups is 1. The summed E-state index contributed by atoms with van der Waals surface area (Å²) in [7, 11) is 1.75. The minimum Gasteiger partial charge on any atom is -0.326 e. The Kier molecular flexibility index (Phi) is 3.92. The molecule has 0 aliphatic carbocycles. The summed E-state index contributed by atoms with van der Waals surface area (Å²) >= 11 is 0. The lowest BCUT2D eigenvalue weighted by Crippen LogP contribution is -2.26. The van der Waals surface area contributed by atoms with Crippen molar-refractivity contribution in [3.8, 4) is 0 Å². The molecule has 0 radical (unpaired) electrons. The Labute approximate surface area is 112 Å². The van der Waals surface area contributed by atoms with Crippen LogP contribution in [0.5, 0.6) is 0 Å². The molecule has 0 aliphatic heterocycles. The zero-order chi connectivity index (χ0) is 13.8. The van der Waals surface area contributed by atoms with Gasteiger partial charge in [0.25, 0.3) is 5.91 Å². The van der Waals surface area contributed by atoms with Crippen LogP contribution in [0.4, 0.5) is 5.69 Å². The van der Waals surface area contributed by atoms with E-state index in [1.54, 1.807) is 24.3 Å². The number of nitrogens with zero attached hydrogens (tertiary/aromatic N) is 2. The Hall–Kier alpha value is -2.20. The van der Waals surface area contributed by atoms with Crippen LogP contribution in [0.3, 0.4) is 0 Å². The molecule has 2 N–H and O–H groups in total. The maximum absolute atomic E-state index is 12.4. The lowest BCUT2D eigenvalue weighted by molar-refractivity contribution is 0.0992. The Balaban J connectivity index is 2.28. The van der Waals surface area contributed by atoms with E-state index in [1.165, 1.54) is 0 Å². The first-order chi connectivity index (χ1) is 9.11. The summed E-state index contributed by atoms with van der Waals surface area (Å²) in [6.45, 7) is 2.38. The van der Waals surface area contributed by atoms with Crippen LogP contribution in [-0.2, 0) is 6.54 Å². The highest BCUT2D eigenvalue weighted by Crippen LogP contribution is 2.17. The van der Waals surface area contributed by atoms with Crippen molar-refractivity contribution in [2.75, 3.05) is 11.9 Å². The highest BCUT2D eigenvalue weighted by molar-refractivity contribution is 6.05. The van der Waals surface area contributed by atoms with Gasteiger partial charge in [-0.3, -0.25) is 9.78 Å². The summed E-state index contributed by atoms with van der Waals surface area (Å²) in [4.78, 5) is 18.0. The Bertz CT molecular complexity index is 595. The van der Waals surface area contributed by atoms with E-state index < -0.39 is 0 Å².